The van der Waals surface area contributed by atoms with E-state index in [0.717, 1.165) is 17.9 Å². The molecule has 1 aliphatic heterocycles. The van der Waals surface area contributed by atoms with Crippen LogP contribution in [0.15, 0.2) is 42.7 Å². The zero-order valence-corrected chi connectivity index (χ0v) is 14.8. The van der Waals surface area contributed by atoms with Gasteiger partial charge in [0.25, 0.3) is 0 Å². The predicted molar refractivity (Wildman–Crippen MR) is 99.5 cm³/mol. The Morgan fingerprint density at radius 2 is 1.83 bits per heavy atom. The monoisotopic (exact) mass is 347 g/mol. The quantitative estimate of drug-likeness (QED) is 0.674. The summed E-state index contributed by atoms with van der Waals surface area (Å²) < 4.78 is 2.09. The lowest BCUT2D eigenvalue weighted by atomic mass is 10.2. The summed E-state index contributed by atoms with van der Waals surface area (Å²) in [5.41, 5.74) is 2.10. The minimum atomic E-state index is 0. The van der Waals surface area contributed by atoms with Gasteiger partial charge < -0.3 is 4.40 Å². The smallest absolute Gasteiger partial charge is 0.137 e. The molecule has 3 nitrogen and oxygen atoms in total. The van der Waals surface area contributed by atoms with Gasteiger partial charge in [-0.2, -0.15) is 0 Å². The van der Waals surface area contributed by atoms with Gasteiger partial charge >= 0.3 is 0 Å². The summed E-state index contributed by atoms with van der Waals surface area (Å²) in [5, 5.41) is 0. The summed E-state index contributed by atoms with van der Waals surface area (Å²) >= 11 is 1.88. The molecule has 0 atom stereocenters. The van der Waals surface area contributed by atoms with Crippen molar-refractivity contribution in [2.75, 3.05) is 13.1 Å². The Morgan fingerprint density at radius 1 is 1.00 bits per heavy atom. The Balaban J connectivity index is 0.00000156. The number of halogens is 1. The molecule has 0 N–H and O–H groups in total. The van der Waals surface area contributed by atoms with E-state index in [1.54, 1.807) is 0 Å². The molecule has 5 heteroatoms. The van der Waals surface area contributed by atoms with E-state index in [2.05, 4.69) is 39.9 Å². The van der Waals surface area contributed by atoms with Crippen molar-refractivity contribution in [3.05, 3.63) is 47.6 Å². The third-order valence-corrected chi connectivity index (χ3v) is 5.45. The summed E-state index contributed by atoms with van der Waals surface area (Å²) in [5.74, 6) is 0. The van der Waals surface area contributed by atoms with Gasteiger partial charge in [-0.25, -0.2) is 4.98 Å². The molecule has 0 radical (unpaired) electrons. The Morgan fingerprint density at radius 3 is 2.61 bits per heavy atom. The van der Waals surface area contributed by atoms with E-state index < -0.39 is 0 Å². The van der Waals surface area contributed by atoms with Gasteiger partial charge in [0.1, 0.15) is 5.65 Å². The molecule has 0 aliphatic carbocycles. The van der Waals surface area contributed by atoms with Crippen molar-refractivity contribution in [1.82, 2.24) is 14.3 Å². The number of thiophene rings is 1. The first-order valence-corrected chi connectivity index (χ1v) is 8.95. The maximum atomic E-state index is 4.72. The molecular formula is C18H22ClN3S. The van der Waals surface area contributed by atoms with Gasteiger partial charge in [-0.3, -0.25) is 4.90 Å². The highest BCUT2D eigenvalue weighted by molar-refractivity contribution is 7.15. The predicted octanol–water partition coefficient (Wildman–Crippen LogP) is 4.86. The first kappa shape index (κ1) is 16.5. The van der Waals surface area contributed by atoms with Crippen LogP contribution in [-0.2, 0) is 6.54 Å². The number of hydrogen-bond donors (Lipinski definition) is 0. The largest absolute Gasteiger partial charge is 0.306 e. The average Bonchev–Trinajstić information content (AvgIpc) is 3.08. The summed E-state index contributed by atoms with van der Waals surface area (Å²) in [6.45, 7) is 3.60. The van der Waals surface area contributed by atoms with Crippen LogP contribution in [0.3, 0.4) is 0 Å². The minimum Gasteiger partial charge on any atom is -0.306 e. The van der Waals surface area contributed by atoms with Crippen molar-refractivity contribution < 1.29 is 0 Å². The number of likely N-dealkylation sites (tertiary alicyclic amines) is 1. The zero-order chi connectivity index (χ0) is 14.8. The summed E-state index contributed by atoms with van der Waals surface area (Å²) in [7, 11) is 0. The highest BCUT2D eigenvalue weighted by Crippen LogP contribution is 2.29. The first-order chi connectivity index (χ1) is 10.9. The van der Waals surface area contributed by atoms with Gasteiger partial charge in [0.15, 0.2) is 0 Å². The summed E-state index contributed by atoms with van der Waals surface area (Å²) in [6, 6.07) is 10.6. The summed E-state index contributed by atoms with van der Waals surface area (Å²) in [6.07, 6.45) is 9.67. The maximum absolute atomic E-state index is 4.72. The van der Waals surface area contributed by atoms with E-state index in [0.29, 0.717) is 0 Å². The maximum Gasteiger partial charge on any atom is 0.137 e. The van der Waals surface area contributed by atoms with Crippen LogP contribution < -0.4 is 0 Å². The second-order valence-electron chi connectivity index (χ2n) is 6.05. The van der Waals surface area contributed by atoms with Crippen LogP contribution in [0.25, 0.3) is 16.2 Å². The zero-order valence-electron chi connectivity index (χ0n) is 13.1. The molecule has 3 aromatic rings. The average molecular weight is 348 g/mol. The molecule has 23 heavy (non-hydrogen) atoms. The van der Waals surface area contributed by atoms with Crippen molar-refractivity contribution in [3.63, 3.8) is 0 Å². The molecule has 0 bridgehead atoms. The molecule has 0 saturated carbocycles. The van der Waals surface area contributed by atoms with Crippen molar-refractivity contribution in [2.45, 2.75) is 32.2 Å². The Labute approximate surface area is 147 Å². The van der Waals surface area contributed by atoms with Crippen molar-refractivity contribution in [1.29, 1.82) is 0 Å². The third-order valence-electron chi connectivity index (χ3n) is 4.36. The lowest BCUT2D eigenvalue weighted by molar-refractivity contribution is 0.279. The Hall–Kier alpha value is -1.36. The van der Waals surface area contributed by atoms with Gasteiger partial charge in [0, 0.05) is 23.8 Å². The standard InChI is InChI=1S/C18H21N3S.ClH/c1-2-5-11-20(10-4-1)13-15-8-9-17(22-15)16-14-21-12-6-3-7-18(21)19-16;/h3,6-9,12,14H,1-2,4-5,10-11,13H2;1H. The minimum absolute atomic E-state index is 0. The second kappa shape index (κ2) is 7.47. The number of hydrogen-bond acceptors (Lipinski definition) is 3. The van der Waals surface area contributed by atoms with Gasteiger partial charge in [0.05, 0.1) is 10.6 Å². The summed E-state index contributed by atoms with van der Waals surface area (Å²) in [4.78, 5) is 10.0. The van der Waals surface area contributed by atoms with E-state index in [-0.39, 0.29) is 12.4 Å². The normalized spacial score (nSPS) is 16.2. The number of fused-ring (bicyclic) bond motifs is 1. The SMILES string of the molecule is Cl.c1ccn2cc(-c3ccc(CN4CCCCCC4)s3)nc2c1. The second-order valence-corrected chi connectivity index (χ2v) is 7.22. The fourth-order valence-corrected chi connectivity index (χ4v) is 4.17. The third kappa shape index (κ3) is 3.77. The van der Waals surface area contributed by atoms with Gasteiger partial charge in [0.2, 0.25) is 0 Å². The molecule has 4 rings (SSSR count). The molecule has 0 unspecified atom stereocenters. The van der Waals surface area contributed by atoms with Crippen molar-refractivity contribution in [2.24, 2.45) is 0 Å². The molecule has 1 saturated heterocycles. The molecule has 3 aromatic heterocycles. The number of rotatable bonds is 3. The topological polar surface area (TPSA) is 20.5 Å². The van der Waals surface area contributed by atoms with E-state index >= 15 is 0 Å². The molecular weight excluding hydrogens is 326 g/mol. The van der Waals surface area contributed by atoms with E-state index in [1.165, 1.54) is 48.5 Å². The van der Waals surface area contributed by atoms with Gasteiger partial charge in [-0.05, 0) is 50.2 Å². The van der Waals surface area contributed by atoms with Crippen LogP contribution in [0.5, 0.6) is 0 Å². The Bertz CT molecular complexity index is 723. The van der Waals surface area contributed by atoms with E-state index in [4.69, 9.17) is 4.98 Å². The van der Waals surface area contributed by atoms with Crippen LogP contribution in [0, 0.1) is 0 Å². The van der Waals surface area contributed by atoms with Crippen LogP contribution in [0.1, 0.15) is 30.6 Å². The molecule has 122 valence electrons. The van der Waals surface area contributed by atoms with Crippen LogP contribution >= 0.6 is 23.7 Å². The van der Waals surface area contributed by atoms with Crippen LogP contribution in [0.4, 0.5) is 0 Å². The van der Waals surface area contributed by atoms with E-state index in [9.17, 15) is 0 Å². The van der Waals surface area contributed by atoms with Gasteiger partial charge in [-0.15, -0.1) is 23.7 Å². The highest BCUT2D eigenvalue weighted by atomic mass is 35.5. The van der Waals surface area contributed by atoms with Crippen molar-refractivity contribution >= 4 is 29.4 Å². The van der Waals surface area contributed by atoms with E-state index in [1.807, 2.05) is 23.5 Å². The van der Waals surface area contributed by atoms with Crippen LogP contribution in [0.2, 0.25) is 0 Å². The molecule has 1 fully saturated rings. The van der Waals surface area contributed by atoms with Crippen molar-refractivity contribution in [3.8, 4) is 10.6 Å². The lowest BCUT2D eigenvalue weighted by Crippen LogP contribution is -2.23. The lowest BCUT2D eigenvalue weighted by Gasteiger charge is -2.18. The first-order valence-electron chi connectivity index (χ1n) is 8.14. The molecule has 0 spiro atoms. The fraction of sp³-hybridized carbons (Fsp3) is 0.389. The van der Waals surface area contributed by atoms with Crippen LogP contribution in [-0.4, -0.2) is 27.4 Å². The number of nitrogens with zero attached hydrogens (tertiary/aromatic N) is 3. The molecule has 0 aromatic carbocycles. The molecule has 1 aliphatic rings. The molecule has 0 amide bonds. The number of aromatic nitrogens is 2. The number of imidazole rings is 1. The molecule has 4 heterocycles. The number of pyridine rings is 1. The highest BCUT2D eigenvalue weighted by Gasteiger charge is 2.12. The van der Waals surface area contributed by atoms with Gasteiger partial charge in [-0.1, -0.05) is 18.9 Å². The fourth-order valence-electron chi connectivity index (χ4n) is 3.17. The Kier molecular flexibility index (Phi) is 5.36.